The lowest BCUT2D eigenvalue weighted by atomic mass is 10.1. The Balaban J connectivity index is 2.09. The number of rotatable bonds is 6. The molecule has 1 saturated heterocycles. The molecule has 0 radical (unpaired) electrons. The Kier molecular flexibility index (Phi) is 5.18. The Morgan fingerprint density at radius 3 is 2.62 bits per heavy atom. The highest BCUT2D eigenvalue weighted by molar-refractivity contribution is 5.77. The molecule has 1 rings (SSSR count). The van der Waals surface area contributed by atoms with Gasteiger partial charge < -0.3 is 15.2 Å². The maximum Gasteiger partial charge on any atom is 0.323 e. The largest absolute Gasteiger partial charge is 0.480 e. The summed E-state index contributed by atoms with van der Waals surface area (Å²) >= 11 is 0. The number of aliphatic carboxylic acids is 1. The highest BCUT2D eigenvalue weighted by atomic mass is 16.5. The van der Waals surface area contributed by atoms with E-state index in [4.69, 9.17) is 9.84 Å². The molecule has 0 saturated carbocycles. The van der Waals surface area contributed by atoms with E-state index in [1.165, 1.54) is 0 Å². The highest BCUT2D eigenvalue weighted by Crippen LogP contribution is 2.02. The number of carboxylic acids is 1. The van der Waals surface area contributed by atoms with Gasteiger partial charge in [0.25, 0.3) is 0 Å². The van der Waals surface area contributed by atoms with Gasteiger partial charge in [0.15, 0.2) is 0 Å². The highest BCUT2D eigenvalue weighted by Gasteiger charge is 2.25. The Morgan fingerprint density at radius 1 is 1.44 bits per heavy atom. The average Bonchev–Trinajstić information content (AvgIpc) is 2.26. The summed E-state index contributed by atoms with van der Waals surface area (Å²) in [6.45, 7) is 8.71. The number of carboxylic acid groups (broad SMARTS) is 1. The third-order valence-corrected chi connectivity index (χ3v) is 2.86. The van der Waals surface area contributed by atoms with Gasteiger partial charge in [0.1, 0.15) is 5.54 Å². The lowest BCUT2D eigenvalue weighted by Gasteiger charge is -2.27. The third kappa shape index (κ3) is 4.47. The summed E-state index contributed by atoms with van der Waals surface area (Å²) in [5.74, 6) is -0.807. The van der Waals surface area contributed by atoms with Gasteiger partial charge in [-0.3, -0.25) is 9.69 Å². The van der Waals surface area contributed by atoms with Crippen LogP contribution in [0.25, 0.3) is 0 Å². The van der Waals surface area contributed by atoms with Crippen molar-refractivity contribution in [3.8, 4) is 0 Å². The summed E-state index contributed by atoms with van der Waals surface area (Å²) < 4.78 is 5.26. The molecule has 94 valence electrons. The summed E-state index contributed by atoms with van der Waals surface area (Å²) in [7, 11) is 0. The van der Waals surface area contributed by atoms with Crippen LogP contribution in [0.4, 0.5) is 0 Å². The fourth-order valence-electron chi connectivity index (χ4n) is 1.60. The zero-order valence-electron chi connectivity index (χ0n) is 10.2. The fraction of sp³-hybridized carbons (Fsp3) is 0.909. The minimum absolute atomic E-state index is 0.733. The number of carbonyl (C=O) groups is 1. The van der Waals surface area contributed by atoms with Crippen molar-refractivity contribution in [2.75, 3.05) is 39.4 Å². The van der Waals surface area contributed by atoms with Gasteiger partial charge in [-0.05, 0) is 33.4 Å². The van der Waals surface area contributed by atoms with Gasteiger partial charge in [-0.2, -0.15) is 0 Å². The topological polar surface area (TPSA) is 61.8 Å². The second-order valence-corrected chi connectivity index (χ2v) is 4.66. The van der Waals surface area contributed by atoms with Crippen molar-refractivity contribution in [3.63, 3.8) is 0 Å². The lowest BCUT2D eigenvalue weighted by molar-refractivity contribution is -0.143. The van der Waals surface area contributed by atoms with Crippen molar-refractivity contribution in [2.24, 2.45) is 0 Å². The van der Waals surface area contributed by atoms with Crippen LogP contribution in [-0.2, 0) is 9.53 Å². The SMILES string of the molecule is CC(C)(NCCCN1CCOCC1)C(=O)O. The predicted molar refractivity (Wildman–Crippen MR) is 61.6 cm³/mol. The van der Waals surface area contributed by atoms with Crippen LogP contribution in [0.5, 0.6) is 0 Å². The van der Waals surface area contributed by atoms with Crippen molar-refractivity contribution >= 4 is 5.97 Å². The Bertz CT molecular complexity index is 225. The first-order valence-corrected chi connectivity index (χ1v) is 5.81. The number of hydrogen-bond acceptors (Lipinski definition) is 4. The van der Waals surface area contributed by atoms with Gasteiger partial charge >= 0.3 is 5.97 Å². The Hall–Kier alpha value is -0.650. The summed E-state index contributed by atoms with van der Waals surface area (Å²) in [6, 6.07) is 0. The molecule has 0 aromatic carbocycles. The van der Waals surface area contributed by atoms with E-state index in [0.717, 1.165) is 45.8 Å². The molecule has 5 nitrogen and oxygen atoms in total. The predicted octanol–water partition coefficient (Wildman–Crippen LogP) is 0.162. The van der Waals surface area contributed by atoms with Crippen LogP contribution in [-0.4, -0.2) is 60.9 Å². The monoisotopic (exact) mass is 230 g/mol. The van der Waals surface area contributed by atoms with Crippen LogP contribution >= 0.6 is 0 Å². The van der Waals surface area contributed by atoms with Gasteiger partial charge in [0, 0.05) is 13.1 Å². The van der Waals surface area contributed by atoms with E-state index in [1.807, 2.05) is 0 Å². The van der Waals surface area contributed by atoms with Crippen LogP contribution in [0, 0.1) is 0 Å². The van der Waals surface area contributed by atoms with Crippen molar-refractivity contribution in [1.82, 2.24) is 10.2 Å². The quantitative estimate of drug-likeness (QED) is 0.637. The average molecular weight is 230 g/mol. The van der Waals surface area contributed by atoms with Crippen LogP contribution < -0.4 is 5.32 Å². The zero-order chi connectivity index (χ0) is 12.0. The van der Waals surface area contributed by atoms with E-state index < -0.39 is 11.5 Å². The minimum Gasteiger partial charge on any atom is -0.480 e. The normalized spacial score (nSPS) is 18.6. The van der Waals surface area contributed by atoms with Crippen LogP contribution in [0.15, 0.2) is 0 Å². The van der Waals surface area contributed by atoms with Gasteiger partial charge in [0.2, 0.25) is 0 Å². The lowest BCUT2D eigenvalue weighted by Crippen LogP contribution is -2.47. The summed E-state index contributed by atoms with van der Waals surface area (Å²) in [5, 5.41) is 11.9. The molecule has 0 spiro atoms. The second kappa shape index (κ2) is 6.18. The summed E-state index contributed by atoms with van der Waals surface area (Å²) in [5.41, 5.74) is -0.828. The van der Waals surface area contributed by atoms with Gasteiger partial charge in [0.05, 0.1) is 13.2 Å². The van der Waals surface area contributed by atoms with Crippen molar-refractivity contribution < 1.29 is 14.6 Å². The summed E-state index contributed by atoms with van der Waals surface area (Å²) in [4.78, 5) is 13.2. The van der Waals surface area contributed by atoms with E-state index in [0.29, 0.717) is 0 Å². The van der Waals surface area contributed by atoms with Crippen LogP contribution in [0.2, 0.25) is 0 Å². The van der Waals surface area contributed by atoms with E-state index in [1.54, 1.807) is 13.8 Å². The molecule has 0 aromatic heterocycles. The van der Waals surface area contributed by atoms with Gasteiger partial charge in [-0.1, -0.05) is 0 Å². The Labute approximate surface area is 96.8 Å². The molecule has 0 atom stereocenters. The zero-order valence-corrected chi connectivity index (χ0v) is 10.2. The molecule has 0 aromatic rings. The molecular formula is C11H22N2O3. The molecule has 0 bridgehead atoms. The van der Waals surface area contributed by atoms with Gasteiger partial charge in [-0.25, -0.2) is 0 Å². The van der Waals surface area contributed by atoms with Gasteiger partial charge in [-0.15, -0.1) is 0 Å². The van der Waals surface area contributed by atoms with E-state index in [-0.39, 0.29) is 0 Å². The molecule has 1 aliphatic rings. The number of hydrogen-bond donors (Lipinski definition) is 2. The molecular weight excluding hydrogens is 208 g/mol. The van der Waals surface area contributed by atoms with Crippen molar-refractivity contribution in [3.05, 3.63) is 0 Å². The molecule has 1 fully saturated rings. The first kappa shape index (κ1) is 13.4. The maximum absolute atomic E-state index is 10.8. The standard InChI is InChI=1S/C11H22N2O3/c1-11(2,10(14)15)12-4-3-5-13-6-8-16-9-7-13/h12H,3-9H2,1-2H3,(H,14,15). The summed E-state index contributed by atoms with van der Waals surface area (Å²) in [6.07, 6.45) is 0.969. The molecule has 1 heterocycles. The number of nitrogens with one attached hydrogen (secondary N) is 1. The molecule has 0 amide bonds. The number of morpholine rings is 1. The molecule has 5 heteroatoms. The van der Waals surface area contributed by atoms with E-state index >= 15 is 0 Å². The number of ether oxygens (including phenoxy) is 1. The molecule has 0 unspecified atom stereocenters. The fourth-order valence-corrected chi connectivity index (χ4v) is 1.60. The first-order valence-electron chi connectivity index (χ1n) is 5.81. The van der Waals surface area contributed by atoms with Crippen molar-refractivity contribution in [1.29, 1.82) is 0 Å². The Morgan fingerprint density at radius 2 is 2.06 bits per heavy atom. The third-order valence-electron chi connectivity index (χ3n) is 2.86. The first-order chi connectivity index (χ1) is 7.52. The number of nitrogens with zero attached hydrogens (tertiary/aromatic N) is 1. The smallest absolute Gasteiger partial charge is 0.323 e. The van der Waals surface area contributed by atoms with E-state index in [9.17, 15) is 4.79 Å². The molecule has 2 N–H and O–H groups in total. The van der Waals surface area contributed by atoms with Crippen molar-refractivity contribution in [2.45, 2.75) is 25.8 Å². The maximum atomic E-state index is 10.8. The molecule has 0 aliphatic carbocycles. The van der Waals surface area contributed by atoms with Crippen LogP contribution in [0.3, 0.4) is 0 Å². The molecule has 1 aliphatic heterocycles. The molecule has 16 heavy (non-hydrogen) atoms. The van der Waals surface area contributed by atoms with Crippen LogP contribution in [0.1, 0.15) is 20.3 Å². The second-order valence-electron chi connectivity index (χ2n) is 4.66. The minimum atomic E-state index is -0.828. The van der Waals surface area contributed by atoms with E-state index in [2.05, 4.69) is 10.2 Å².